The monoisotopic (exact) mass is 1490 g/mol. The number of primary amides is 1. The topological polar surface area (TPSA) is 514 Å². The van der Waals surface area contributed by atoms with E-state index < -0.39 is 169 Å². The van der Waals surface area contributed by atoms with Crippen LogP contribution in [-0.4, -0.2) is 203 Å². The Hall–Kier alpha value is -9.30. The van der Waals surface area contributed by atoms with Crippen molar-refractivity contribution in [1.29, 1.82) is 0 Å². The number of likely N-dealkylation sites (tertiary alicyclic amines) is 1. The number of rotatable bonds is 46. The Kier molecular flexibility index (Phi) is 39.4. The van der Waals surface area contributed by atoms with Crippen molar-refractivity contribution >= 4 is 82.8 Å². The molecule has 0 spiro atoms. The second kappa shape index (κ2) is 45.9. The summed E-state index contributed by atoms with van der Waals surface area (Å²) in [6.45, 7) is 21.4. The van der Waals surface area contributed by atoms with E-state index in [0.717, 1.165) is 5.56 Å². The van der Waals surface area contributed by atoms with Gasteiger partial charge in [0.15, 0.2) is 5.96 Å². The second-order valence-electron chi connectivity index (χ2n) is 30.0. The van der Waals surface area contributed by atoms with E-state index in [1.165, 1.54) is 11.8 Å². The van der Waals surface area contributed by atoms with Gasteiger partial charge in [0.25, 0.3) is 0 Å². The molecular weight excluding hydrogens is 1370 g/mol. The first-order valence-electron chi connectivity index (χ1n) is 36.9. The minimum absolute atomic E-state index is 0.0184. The van der Waals surface area contributed by atoms with Crippen LogP contribution in [0.2, 0.25) is 0 Å². The molecule has 592 valence electrons. The van der Waals surface area contributed by atoms with Crippen molar-refractivity contribution in [1.82, 2.24) is 63.4 Å². The van der Waals surface area contributed by atoms with E-state index in [4.69, 9.17) is 22.9 Å². The summed E-state index contributed by atoms with van der Waals surface area (Å²) < 4.78 is 0. The average molecular weight is 1490 g/mol. The Morgan fingerprint density at radius 2 is 0.755 bits per heavy atom. The lowest BCUT2D eigenvalue weighted by Gasteiger charge is -2.31. The van der Waals surface area contributed by atoms with Gasteiger partial charge in [0.2, 0.25) is 76.8 Å². The number of aliphatic hydroxyl groups excluding tert-OH is 2. The molecule has 0 bridgehead atoms. The predicted molar refractivity (Wildman–Crippen MR) is 400 cm³/mol. The normalized spacial score (nSPS) is 16.3. The van der Waals surface area contributed by atoms with Crippen molar-refractivity contribution in [2.75, 3.05) is 26.3 Å². The van der Waals surface area contributed by atoms with Crippen molar-refractivity contribution in [2.24, 2.45) is 63.4 Å². The highest BCUT2D eigenvalue weighted by Crippen LogP contribution is 2.23. The Balaban J connectivity index is 1.81. The van der Waals surface area contributed by atoms with E-state index in [9.17, 15) is 72.5 Å². The number of carbonyl (C=O) groups excluding carboxylic acids is 13. The summed E-state index contributed by atoms with van der Waals surface area (Å²) in [5.41, 5.74) is 24.3. The summed E-state index contributed by atoms with van der Waals surface area (Å²) in [6, 6.07) is 0.728. The molecule has 2 aromatic rings. The highest BCUT2D eigenvalue weighted by molar-refractivity contribution is 6.00. The minimum atomic E-state index is -1.75. The van der Waals surface area contributed by atoms with Gasteiger partial charge in [0.05, 0.1) is 19.3 Å². The van der Waals surface area contributed by atoms with E-state index in [0.29, 0.717) is 12.0 Å². The SMILES string of the molecule is CC(C)C[C@H](NC(=O)[C@H](CC(C)C)NC(=O)[C@H](CCCN=C(N)N)NC(=O)[C@H](CO)NC(=O)[C@H](Cc1ccccc1)NC(=O)[C@H](CC(C)C)NC(=O)[C@H](CO)NC(=O)[C@H](C)NC(=O)[C@H](CC(C)C)NC(=O)[C@H](CC(C)C)NC(=O)[C@@H]1CCCN1C(=O)[C@H](CC(C)C)NC(=O)[C@@H](N)Cc1ccccc1)C(N)=O. The van der Waals surface area contributed by atoms with Crippen LogP contribution in [-0.2, 0) is 75.2 Å². The smallest absolute Gasteiger partial charge is 0.245 e. The van der Waals surface area contributed by atoms with Crippen molar-refractivity contribution < 1.29 is 72.5 Å². The van der Waals surface area contributed by atoms with Gasteiger partial charge in [0.1, 0.15) is 72.5 Å². The Morgan fingerprint density at radius 3 is 1.19 bits per heavy atom. The first-order valence-corrected chi connectivity index (χ1v) is 36.9. The third-order valence-corrected chi connectivity index (χ3v) is 17.4. The van der Waals surface area contributed by atoms with Crippen LogP contribution >= 0.6 is 0 Å². The molecule has 106 heavy (non-hydrogen) atoms. The van der Waals surface area contributed by atoms with Gasteiger partial charge in [-0.3, -0.25) is 67.3 Å². The molecule has 1 heterocycles. The number of nitrogens with two attached hydrogens (primary N) is 4. The van der Waals surface area contributed by atoms with Gasteiger partial charge >= 0.3 is 0 Å². The number of hydrogen-bond donors (Lipinski definition) is 17. The molecule has 0 saturated carbocycles. The lowest BCUT2D eigenvalue weighted by atomic mass is 9.99. The van der Waals surface area contributed by atoms with Crippen LogP contribution < -0.4 is 81.4 Å². The molecule has 1 fully saturated rings. The fourth-order valence-electron chi connectivity index (χ4n) is 12.0. The van der Waals surface area contributed by atoms with Crippen molar-refractivity contribution in [3.8, 4) is 0 Å². The van der Waals surface area contributed by atoms with Gasteiger partial charge in [-0.2, -0.15) is 0 Å². The van der Waals surface area contributed by atoms with E-state index in [1.807, 2.05) is 71.9 Å². The summed E-state index contributed by atoms with van der Waals surface area (Å²) >= 11 is 0. The maximum absolute atomic E-state index is 14.5. The largest absolute Gasteiger partial charge is 0.394 e. The molecule has 1 saturated heterocycles. The molecule has 0 aromatic heterocycles. The number of benzene rings is 2. The van der Waals surface area contributed by atoms with Gasteiger partial charge in [-0.15, -0.1) is 0 Å². The van der Waals surface area contributed by atoms with Gasteiger partial charge in [-0.05, 0) is 124 Å². The molecule has 0 aliphatic carbocycles. The number of amides is 13. The summed E-state index contributed by atoms with van der Waals surface area (Å²) in [5, 5.41) is 50.1. The van der Waals surface area contributed by atoms with Gasteiger partial charge in [-0.1, -0.05) is 144 Å². The van der Waals surface area contributed by atoms with Crippen LogP contribution in [0.25, 0.3) is 0 Å². The van der Waals surface area contributed by atoms with Crippen molar-refractivity contribution in [3.05, 3.63) is 71.8 Å². The highest BCUT2D eigenvalue weighted by Gasteiger charge is 2.41. The number of aliphatic hydroxyl groups is 2. The molecular formula is C74H121N17O15. The third kappa shape index (κ3) is 32.6. The van der Waals surface area contributed by atoms with Crippen molar-refractivity contribution in [2.45, 2.75) is 246 Å². The maximum Gasteiger partial charge on any atom is 0.245 e. The summed E-state index contributed by atoms with van der Waals surface area (Å²) in [6.07, 6.45) is 1.53. The number of carbonyl (C=O) groups is 13. The summed E-state index contributed by atoms with van der Waals surface area (Å²) in [7, 11) is 0. The zero-order chi connectivity index (χ0) is 79.7. The van der Waals surface area contributed by atoms with E-state index in [-0.39, 0.29) is 125 Å². The molecule has 13 atom stereocenters. The van der Waals surface area contributed by atoms with Crippen LogP contribution in [0.1, 0.15) is 165 Å². The summed E-state index contributed by atoms with van der Waals surface area (Å²) in [4.78, 5) is 187. The molecule has 1 aliphatic rings. The quantitative estimate of drug-likeness (QED) is 0.0213. The Labute approximate surface area is 623 Å². The van der Waals surface area contributed by atoms with Gasteiger partial charge in [-0.25, -0.2) is 0 Å². The van der Waals surface area contributed by atoms with Crippen LogP contribution in [0.15, 0.2) is 65.7 Å². The predicted octanol–water partition coefficient (Wildman–Crippen LogP) is -1.06. The zero-order valence-electron chi connectivity index (χ0n) is 64.0. The van der Waals surface area contributed by atoms with Gasteiger partial charge < -0.3 is 96.5 Å². The molecule has 13 amide bonds. The summed E-state index contributed by atoms with van der Waals surface area (Å²) in [5.74, 6) is -11.5. The zero-order valence-corrected chi connectivity index (χ0v) is 64.0. The van der Waals surface area contributed by atoms with Crippen LogP contribution in [0.4, 0.5) is 0 Å². The van der Waals surface area contributed by atoms with E-state index in [1.54, 1.807) is 71.9 Å². The van der Waals surface area contributed by atoms with E-state index >= 15 is 0 Å². The lowest BCUT2D eigenvalue weighted by molar-refractivity contribution is -0.142. The molecule has 21 N–H and O–H groups in total. The van der Waals surface area contributed by atoms with Crippen LogP contribution in [0, 0.1) is 35.5 Å². The lowest BCUT2D eigenvalue weighted by Crippen LogP contribution is -2.61. The number of hydrogen-bond acceptors (Lipinski definition) is 17. The molecule has 32 heteroatoms. The molecule has 0 radical (unpaired) electrons. The first-order chi connectivity index (χ1) is 49.8. The molecule has 2 aromatic carbocycles. The standard InChI is InChI=1S/C74H121N17O15/c1-40(2)30-51(61(76)94)82-66(99)53(32-42(5)6)83-64(97)50(26-20-28-79-74(77)78)81-70(103)59(39-93)90-69(102)56(37-48-24-18-15-19-25-48)86-67(100)54(33-43(7)8)85-71(104)58(38-92)89-62(95)46(13)80-65(98)52(31-41(3)4)84-68(101)55(34-44(9)10)87-72(105)60-27-21-29-91(60)73(106)57(35-45(11)12)88-63(96)49(75)36-47-22-16-14-17-23-47/h14-19,22-25,40-46,49-60,92-93H,20-21,26-39,75H2,1-13H3,(H2,76,94)(H,80,98)(H,81,103)(H,82,99)(H,83,97)(H,84,101)(H,85,104)(H,86,100)(H,87,105)(H,88,96)(H,89,95)(H,90,102)(H4,77,78,79)/t46-,49-,50-,51-,52-,53-,54-,55-,56-,57-,58-,59-,60-/m0/s1. The Bertz CT molecular complexity index is 3240. The highest BCUT2D eigenvalue weighted by atomic mass is 16.3. The third-order valence-electron chi connectivity index (χ3n) is 17.4. The molecule has 0 unspecified atom stereocenters. The number of nitrogens with one attached hydrogen (secondary N) is 11. The Morgan fingerprint density at radius 1 is 0.415 bits per heavy atom. The van der Waals surface area contributed by atoms with Crippen LogP contribution in [0.5, 0.6) is 0 Å². The van der Waals surface area contributed by atoms with Crippen LogP contribution in [0.3, 0.4) is 0 Å². The first kappa shape index (κ1) is 90.9. The maximum atomic E-state index is 14.5. The molecule has 3 rings (SSSR count). The average Bonchev–Trinajstić information content (AvgIpc) is 1.66. The molecule has 32 nitrogen and oxygen atoms in total. The fourth-order valence-corrected chi connectivity index (χ4v) is 12.0. The minimum Gasteiger partial charge on any atom is -0.394 e. The number of guanidine groups is 1. The number of aliphatic imine (C=N–C) groups is 1. The number of nitrogens with zero attached hydrogens (tertiary/aromatic N) is 2. The van der Waals surface area contributed by atoms with Crippen molar-refractivity contribution in [3.63, 3.8) is 0 Å². The fraction of sp³-hybridized carbons (Fsp3) is 0.649. The van der Waals surface area contributed by atoms with Gasteiger partial charge in [0, 0.05) is 19.5 Å². The second-order valence-corrected chi connectivity index (χ2v) is 30.0. The van der Waals surface area contributed by atoms with E-state index in [2.05, 4.69) is 63.5 Å². The molecule has 1 aliphatic heterocycles.